The van der Waals surface area contributed by atoms with Crippen LogP contribution < -0.4 is 5.32 Å². The highest BCUT2D eigenvalue weighted by Crippen LogP contribution is 2.44. The minimum Gasteiger partial charge on any atom is -0.452 e. The molecule has 78 valence electrons. The third-order valence-electron chi connectivity index (χ3n) is 2.65. The summed E-state index contributed by atoms with van der Waals surface area (Å²) in [7, 11) is 0. The lowest BCUT2D eigenvalue weighted by molar-refractivity contribution is 0.436. The Bertz CT molecular complexity index is 311. The molecule has 1 aliphatic carbocycles. The monoisotopic (exact) mass is 321 g/mol. The number of hydrogen-bond donors (Lipinski definition) is 1. The molecule has 0 spiro atoms. The molecule has 14 heavy (non-hydrogen) atoms. The van der Waals surface area contributed by atoms with Crippen LogP contribution in [0, 0.1) is 5.41 Å². The molecule has 1 heterocycles. The van der Waals surface area contributed by atoms with Crippen molar-refractivity contribution in [2.45, 2.75) is 26.3 Å². The molecule has 0 amide bonds. The smallest absolute Gasteiger partial charge is 0.183 e. The Kier molecular flexibility index (Phi) is 3.05. The molecule has 0 saturated heterocycles. The van der Waals surface area contributed by atoms with E-state index in [1.807, 2.05) is 6.07 Å². The fourth-order valence-electron chi connectivity index (χ4n) is 1.36. The van der Waals surface area contributed by atoms with E-state index in [1.165, 1.54) is 12.8 Å². The van der Waals surface area contributed by atoms with Crippen molar-refractivity contribution < 1.29 is 4.42 Å². The molecule has 1 aromatic rings. The van der Waals surface area contributed by atoms with Crippen LogP contribution in [0.5, 0.6) is 0 Å². The van der Waals surface area contributed by atoms with E-state index in [-0.39, 0.29) is 0 Å². The Hall–Kier alpha value is 0.200. The molecule has 0 radical (unpaired) electrons. The van der Waals surface area contributed by atoms with Gasteiger partial charge in [-0.2, -0.15) is 0 Å². The molecule has 2 rings (SSSR count). The summed E-state index contributed by atoms with van der Waals surface area (Å²) in [5.74, 6) is 0.966. The van der Waals surface area contributed by atoms with E-state index in [0.717, 1.165) is 28.0 Å². The van der Waals surface area contributed by atoms with Crippen molar-refractivity contribution in [1.82, 2.24) is 5.32 Å². The van der Waals surface area contributed by atoms with Gasteiger partial charge in [-0.3, -0.25) is 0 Å². The number of halogens is 2. The molecule has 0 bridgehead atoms. The predicted molar refractivity (Wildman–Crippen MR) is 63.2 cm³/mol. The number of rotatable bonds is 4. The Morgan fingerprint density at radius 3 is 2.71 bits per heavy atom. The SMILES string of the molecule is CC1(CNCc2cc(Br)c(Br)o2)CC1. The molecule has 1 saturated carbocycles. The molecule has 1 fully saturated rings. The van der Waals surface area contributed by atoms with Gasteiger partial charge >= 0.3 is 0 Å². The summed E-state index contributed by atoms with van der Waals surface area (Å²) in [5.41, 5.74) is 0.557. The van der Waals surface area contributed by atoms with Crippen LogP contribution >= 0.6 is 31.9 Å². The first-order valence-corrected chi connectivity index (χ1v) is 6.32. The van der Waals surface area contributed by atoms with Crippen LogP contribution in [-0.4, -0.2) is 6.54 Å². The molecule has 1 aliphatic rings. The van der Waals surface area contributed by atoms with Crippen molar-refractivity contribution in [2.75, 3.05) is 6.54 Å². The van der Waals surface area contributed by atoms with Crippen LogP contribution in [-0.2, 0) is 6.54 Å². The summed E-state index contributed by atoms with van der Waals surface area (Å²) in [6.07, 6.45) is 2.71. The fraction of sp³-hybridized carbons (Fsp3) is 0.600. The minimum absolute atomic E-state index is 0.557. The lowest BCUT2D eigenvalue weighted by atomic mass is 10.1. The van der Waals surface area contributed by atoms with E-state index in [4.69, 9.17) is 4.42 Å². The first kappa shape index (κ1) is 10.7. The predicted octanol–water partition coefficient (Wildman–Crippen LogP) is 3.69. The van der Waals surface area contributed by atoms with Crippen molar-refractivity contribution >= 4 is 31.9 Å². The van der Waals surface area contributed by atoms with Crippen LogP contribution in [0.15, 0.2) is 19.6 Å². The van der Waals surface area contributed by atoms with E-state index in [9.17, 15) is 0 Å². The van der Waals surface area contributed by atoms with Gasteiger partial charge in [0.25, 0.3) is 0 Å². The summed E-state index contributed by atoms with van der Waals surface area (Å²) >= 11 is 6.71. The zero-order valence-corrected chi connectivity index (χ0v) is 11.2. The van der Waals surface area contributed by atoms with Crippen LogP contribution in [0.4, 0.5) is 0 Å². The first-order chi connectivity index (χ1) is 6.59. The van der Waals surface area contributed by atoms with Gasteiger partial charge in [0, 0.05) is 6.54 Å². The van der Waals surface area contributed by atoms with Gasteiger partial charge in [-0.05, 0) is 56.2 Å². The summed E-state index contributed by atoms with van der Waals surface area (Å²) in [4.78, 5) is 0. The van der Waals surface area contributed by atoms with Crippen molar-refractivity contribution in [3.8, 4) is 0 Å². The third kappa shape index (κ3) is 2.61. The zero-order valence-electron chi connectivity index (χ0n) is 8.07. The third-order valence-corrected chi connectivity index (χ3v) is 4.36. The van der Waals surface area contributed by atoms with Crippen molar-refractivity contribution in [3.05, 3.63) is 21.0 Å². The molecule has 0 aliphatic heterocycles. The van der Waals surface area contributed by atoms with Crippen LogP contribution in [0.1, 0.15) is 25.5 Å². The topological polar surface area (TPSA) is 25.2 Å². The molecule has 4 heteroatoms. The molecular weight excluding hydrogens is 310 g/mol. The van der Waals surface area contributed by atoms with Gasteiger partial charge in [-0.1, -0.05) is 6.92 Å². The second kappa shape index (κ2) is 3.99. The van der Waals surface area contributed by atoms with E-state index in [0.29, 0.717) is 5.41 Å². The number of furan rings is 1. The Balaban J connectivity index is 1.80. The first-order valence-electron chi connectivity index (χ1n) is 4.73. The average molecular weight is 323 g/mol. The zero-order chi connectivity index (χ0) is 10.2. The molecule has 0 atom stereocenters. The Morgan fingerprint density at radius 2 is 2.21 bits per heavy atom. The minimum atomic E-state index is 0.557. The lowest BCUT2D eigenvalue weighted by Crippen LogP contribution is -2.21. The standard InChI is InChI=1S/C10H13Br2NO/c1-10(2-3-10)6-13-5-7-4-8(11)9(12)14-7/h4,13H,2-3,5-6H2,1H3. The highest BCUT2D eigenvalue weighted by Gasteiger charge is 2.36. The summed E-state index contributed by atoms with van der Waals surface area (Å²) in [6.45, 7) is 4.21. The van der Waals surface area contributed by atoms with E-state index in [1.54, 1.807) is 0 Å². The van der Waals surface area contributed by atoms with Gasteiger partial charge < -0.3 is 9.73 Å². The van der Waals surface area contributed by atoms with Gasteiger partial charge in [0.05, 0.1) is 11.0 Å². The molecule has 1 N–H and O–H groups in total. The maximum atomic E-state index is 5.46. The highest BCUT2D eigenvalue weighted by atomic mass is 79.9. The van der Waals surface area contributed by atoms with Gasteiger partial charge in [0.2, 0.25) is 0 Å². The lowest BCUT2D eigenvalue weighted by Gasteiger charge is -2.07. The molecule has 0 unspecified atom stereocenters. The van der Waals surface area contributed by atoms with Gasteiger partial charge in [-0.25, -0.2) is 0 Å². The molecule has 1 aromatic heterocycles. The molecular formula is C10H13Br2NO. The maximum absolute atomic E-state index is 5.46. The molecule has 0 aromatic carbocycles. The van der Waals surface area contributed by atoms with Crippen molar-refractivity contribution in [1.29, 1.82) is 0 Å². The largest absolute Gasteiger partial charge is 0.452 e. The number of nitrogens with one attached hydrogen (secondary N) is 1. The van der Waals surface area contributed by atoms with E-state index in [2.05, 4.69) is 44.1 Å². The van der Waals surface area contributed by atoms with E-state index >= 15 is 0 Å². The van der Waals surface area contributed by atoms with Crippen molar-refractivity contribution in [2.24, 2.45) is 5.41 Å². The van der Waals surface area contributed by atoms with Crippen LogP contribution in [0.3, 0.4) is 0 Å². The fourth-order valence-corrected chi connectivity index (χ4v) is 2.01. The van der Waals surface area contributed by atoms with Gasteiger partial charge in [-0.15, -0.1) is 0 Å². The summed E-state index contributed by atoms with van der Waals surface area (Å²) in [5, 5.41) is 3.41. The summed E-state index contributed by atoms with van der Waals surface area (Å²) < 4.78 is 7.21. The average Bonchev–Trinajstić information content (AvgIpc) is 2.75. The normalized spacial score (nSPS) is 18.5. The quantitative estimate of drug-likeness (QED) is 0.914. The van der Waals surface area contributed by atoms with Crippen LogP contribution in [0.2, 0.25) is 0 Å². The highest BCUT2D eigenvalue weighted by molar-refractivity contribution is 9.13. The Morgan fingerprint density at radius 1 is 1.50 bits per heavy atom. The second-order valence-corrected chi connectivity index (χ2v) is 5.82. The van der Waals surface area contributed by atoms with E-state index < -0.39 is 0 Å². The van der Waals surface area contributed by atoms with Gasteiger partial charge in [0.1, 0.15) is 5.76 Å². The summed E-state index contributed by atoms with van der Waals surface area (Å²) in [6, 6.07) is 1.99. The van der Waals surface area contributed by atoms with Gasteiger partial charge in [0.15, 0.2) is 4.67 Å². The van der Waals surface area contributed by atoms with Crippen LogP contribution in [0.25, 0.3) is 0 Å². The van der Waals surface area contributed by atoms with Crippen molar-refractivity contribution in [3.63, 3.8) is 0 Å². The Labute approximate surface area is 101 Å². The number of hydrogen-bond acceptors (Lipinski definition) is 2. The maximum Gasteiger partial charge on any atom is 0.183 e. The molecule has 2 nitrogen and oxygen atoms in total. The second-order valence-electron chi connectivity index (χ2n) is 4.25.